The smallest absolute Gasteiger partial charge is 0.408 e. The molecule has 0 radical (unpaired) electrons. The monoisotopic (exact) mass is 416 g/mol. The standard InChI is InChI=1S/C22H20N6O3/c1-11-10-24-21(26-13-4-6-15(19(23)29)16(8-13)12-2-3-12)28-20(11)25-14-5-7-18-17(9-14)27-22(30)31-18/h4-10,12H,2-3H2,1H3,(H2,23,29)(H,27,30)(H2,24,25,26,28). The van der Waals surface area contributed by atoms with E-state index in [4.69, 9.17) is 10.2 Å². The van der Waals surface area contributed by atoms with E-state index in [9.17, 15) is 9.59 Å². The minimum absolute atomic E-state index is 0.379. The number of nitrogens with zero attached hydrogens (tertiary/aromatic N) is 2. The topological polar surface area (TPSA) is 139 Å². The van der Waals surface area contributed by atoms with Crippen LogP contribution in [0.4, 0.5) is 23.1 Å². The lowest BCUT2D eigenvalue weighted by molar-refractivity contribution is 0.0999. The minimum Gasteiger partial charge on any atom is -0.408 e. The van der Waals surface area contributed by atoms with E-state index < -0.39 is 11.7 Å². The van der Waals surface area contributed by atoms with Crippen LogP contribution in [0.2, 0.25) is 0 Å². The molecule has 9 heteroatoms. The molecule has 1 aliphatic carbocycles. The van der Waals surface area contributed by atoms with Crippen LogP contribution >= 0.6 is 0 Å². The molecule has 5 N–H and O–H groups in total. The van der Waals surface area contributed by atoms with Gasteiger partial charge in [0.25, 0.3) is 0 Å². The van der Waals surface area contributed by atoms with E-state index in [1.807, 2.05) is 13.0 Å². The van der Waals surface area contributed by atoms with Crippen LogP contribution in [0.25, 0.3) is 11.1 Å². The van der Waals surface area contributed by atoms with Gasteiger partial charge in [-0.15, -0.1) is 0 Å². The van der Waals surface area contributed by atoms with Gasteiger partial charge in [0, 0.05) is 28.7 Å². The van der Waals surface area contributed by atoms with E-state index in [1.54, 1.807) is 36.5 Å². The van der Waals surface area contributed by atoms with Crippen LogP contribution in [0.1, 0.15) is 40.2 Å². The van der Waals surface area contributed by atoms with Crippen LogP contribution in [0, 0.1) is 6.92 Å². The fourth-order valence-electron chi connectivity index (χ4n) is 3.52. The van der Waals surface area contributed by atoms with Crippen LogP contribution < -0.4 is 22.1 Å². The number of aryl methyl sites for hydroxylation is 1. The van der Waals surface area contributed by atoms with E-state index >= 15 is 0 Å². The first-order valence-electron chi connectivity index (χ1n) is 9.90. The van der Waals surface area contributed by atoms with Gasteiger partial charge in [-0.1, -0.05) is 0 Å². The van der Waals surface area contributed by atoms with Crippen molar-refractivity contribution in [2.24, 2.45) is 5.73 Å². The Kier molecular flexibility index (Phi) is 4.43. The Hall–Kier alpha value is -4.14. The lowest BCUT2D eigenvalue weighted by atomic mass is 10.0. The van der Waals surface area contributed by atoms with Gasteiger partial charge in [0.2, 0.25) is 11.9 Å². The highest BCUT2D eigenvalue weighted by Gasteiger charge is 2.27. The second kappa shape index (κ2) is 7.28. The number of oxazole rings is 1. The Morgan fingerprint density at radius 1 is 1.16 bits per heavy atom. The summed E-state index contributed by atoms with van der Waals surface area (Å²) in [6.45, 7) is 1.90. The second-order valence-corrected chi connectivity index (χ2v) is 7.64. The summed E-state index contributed by atoms with van der Waals surface area (Å²) in [7, 11) is 0. The molecule has 0 unspecified atom stereocenters. The molecule has 0 atom stereocenters. The maximum absolute atomic E-state index is 11.7. The summed E-state index contributed by atoms with van der Waals surface area (Å²) in [5.41, 5.74) is 10.5. The number of aromatic nitrogens is 3. The molecule has 0 aliphatic heterocycles. The number of benzene rings is 2. The van der Waals surface area contributed by atoms with Crippen molar-refractivity contribution in [2.75, 3.05) is 10.6 Å². The third-order valence-electron chi connectivity index (χ3n) is 5.24. The lowest BCUT2D eigenvalue weighted by Crippen LogP contribution is -2.13. The summed E-state index contributed by atoms with van der Waals surface area (Å²) < 4.78 is 5.03. The molecule has 4 aromatic rings. The second-order valence-electron chi connectivity index (χ2n) is 7.64. The zero-order valence-corrected chi connectivity index (χ0v) is 16.7. The summed E-state index contributed by atoms with van der Waals surface area (Å²) in [6.07, 6.45) is 3.84. The lowest BCUT2D eigenvalue weighted by Gasteiger charge is -2.13. The first kappa shape index (κ1) is 18.9. The predicted octanol–water partition coefficient (Wildman–Crippen LogP) is 3.68. The van der Waals surface area contributed by atoms with Crippen molar-refractivity contribution in [1.82, 2.24) is 15.0 Å². The van der Waals surface area contributed by atoms with Crippen molar-refractivity contribution in [2.45, 2.75) is 25.7 Å². The molecule has 1 amide bonds. The van der Waals surface area contributed by atoms with Crippen molar-refractivity contribution < 1.29 is 9.21 Å². The van der Waals surface area contributed by atoms with Crippen molar-refractivity contribution in [1.29, 1.82) is 0 Å². The van der Waals surface area contributed by atoms with E-state index in [0.29, 0.717) is 34.3 Å². The Morgan fingerprint density at radius 2 is 1.94 bits per heavy atom. The van der Waals surface area contributed by atoms with Crippen LogP contribution in [-0.4, -0.2) is 20.9 Å². The molecule has 31 heavy (non-hydrogen) atoms. The molecule has 0 saturated heterocycles. The number of rotatable bonds is 6. The highest BCUT2D eigenvalue weighted by Crippen LogP contribution is 2.42. The number of hydrogen-bond acceptors (Lipinski definition) is 7. The van der Waals surface area contributed by atoms with Crippen LogP contribution in [0.5, 0.6) is 0 Å². The van der Waals surface area contributed by atoms with Gasteiger partial charge >= 0.3 is 5.76 Å². The first-order chi connectivity index (χ1) is 15.0. The SMILES string of the molecule is Cc1cnc(Nc2ccc(C(N)=O)c(C3CC3)c2)nc1Nc1ccc2oc(=O)[nH]c2c1. The molecule has 2 heterocycles. The number of nitrogens with one attached hydrogen (secondary N) is 3. The molecule has 2 aromatic carbocycles. The van der Waals surface area contributed by atoms with Crippen LogP contribution in [-0.2, 0) is 0 Å². The quantitative estimate of drug-likeness (QED) is 0.376. The summed E-state index contributed by atoms with van der Waals surface area (Å²) in [5, 5.41) is 6.45. The number of aromatic amines is 1. The zero-order valence-electron chi connectivity index (χ0n) is 16.7. The summed E-state index contributed by atoms with van der Waals surface area (Å²) in [4.78, 5) is 34.6. The third kappa shape index (κ3) is 3.85. The first-order valence-corrected chi connectivity index (χ1v) is 9.90. The Labute approximate surface area is 176 Å². The molecule has 5 rings (SSSR count). The average molecular weight is 416 g/mol. The normalized spacial score (nSPS) is 13.3. The molecule has 9 nitrogen and oxygen atoms in total. The number of fused-ring (bicyclic) bond motifs is 1. The highest BCUT2D eigenvalue weighted by atomic mass is 16.4. The van der Waals surface area contributed by atoms with E-state index in [1.165, 1.54) is 0 Å². The number of primary amides is 1. The number of anilines is 4. The Bertz CT molecular complexity index is 1370. The molecule has 1 aliphatic rings. The third-order valence-corrected chi connectivity index (χ3v) is 5.24. The summed E-state index contributed by atoms with van der Waals surface area (Å²) in [5.74, 6) is 0.509. The highest BCUT2D eigenvalue weighted by molar-refractivity contribution is 5.95. The fourth-order valence-corrected chi connectivity index (χ4v) is 3.52. The van der Waals surface area contributed by atoms with Crippen LogP contribution in [0.3, 0.4) is 0 Å². The maximum atomic E-state index is 11.7. The number of H-pyrrole nitrogens is 1. The Morgan fingerprint density at radius 3 is 2.71 bits per heavy atom. The van der Waals surface area contributed by atoms with Gasteiger partial charge in [0.05, 0.1) is 5.52 Å². The van der Waals surface area contributed by atoms with Gasteiger partial charge in [0.15, 0.2) is 5.58 Å². The molecule has 1 fully saturated rings. The van der Waals surface area contributed by atoms with Gasteiger partial charge in [0.1, 0.15) is 5.82 Å². The molecular formula is C22H20N6O3. The number of amides is 1. The van der Waals surface area contributed by atoms with E-state index in [0.717, 1.165) is 35.3 Å². The van der Waals surface area contributed by atoms with Crippen molar-refractivity contribution in [3.63, 3.8) is 0 Å². The van der Waals surface area contributed by atoms with Crippen molar-refractivity contribution >= 4 is 40.1 Å². The van der Waals surface area contributed by atoms with Crippen molar-refractivity contribution in [3.05, 3.63) is 69.8 Å². The molecule has 156 valence electrons. The number of nitrogens with two attached hydrogens (primary N) is 1. The predicted molar refractivity (Wildman–Crippen MR) is 117 cm³/mol. The van der Waals surface area contributed by atoms with Gasteiger partial charge in [-0.25, -0.2) is 9.78 Å². The molecule has 2 aromatic heterocycles. The molecule has 0 spiro atoms. The van der Waals surface area contributed by atoms with E-state index in [2.05, 4.69) is 25.6 Å². The summed E-state index contributed by atoms with van der Waals surface area (Å²) >= 11 is 0. The molecule has 0 bridgehead atoms. The maximum Gasteiger partial charge on any atom is 0.417 e. The minimum atomic E-state index is -0.496. The number of hydrogen-bond donors (Lipinski definition) is 4. The van der Waals surface area contributed by atoms with E-state index in [-0.39, 0.29) is 0 Å². The molecular weight excluding hydrogens is 396 g/mol. The van der Waals surface area contributed by atoms with Crippen molar-refractivity contribution in [3.8, 4) is 0 Å². The average Bonchev–Trinajstić information content (AvgIpc) is 3.51. The zero-order chi connectivity index (χ0) is 21.5. The number of carbonyl (C=O) groups is 1. The number of carbonyl (C=O) groups excluding carboxylic acids is 1. The Balaban J connectivity index is 1.41. The van der Waals surface area contributed by atoms with Gasteiger partial charge in [-0.05, 0) is 67.6 Å². The van der Waals surface area contributed by atoms with Gasteiger partial charge < -0.3 is 20.8 Å². The fraction of sp³-hybridized carbons (Fsp3) is 0.182. The van der Waals surface area contributed by atoms with Gasteiger partial charge in [-0.2, -0.15) is 4.98 Å². The van der Waals surface area contributed by atoms with Crippen LogP contribution in [0.15, 0.2) is 51.8 Å². The molecule has 1 saturated carbocycles. The summed E-state index contributed by atoms with van der Waals surface area (Å²) in [6, 6.07) is 10.8. The largest absolute Gasteiger partial charge is 0.417 e. The van der Waals surface area contributed by atoms with Gasteiger partial charge in [-0.3, -0.25) is 9.78 Å².